The second kappa shape index (κ2) is 7.98. The Bertz CT molecular complexity index is 898. The fourth-order valence-corrected chi connectivity index (χ4v) is 3.70. The molecule has 1 aromatic carbocycles. The molecule has 1 N–H and O–H groups in total. The predicted octanol–water partition coefficient (Wildman–Crippen LogP) is 4.81. The second-order valence-electron chi connectivity index (χ2n) is 6.98. The average molecular weight is 368 g/mol. The molecule has 1 unspecified atom stereocenters. The van der Waals surface area contributed by atoms with Gasteiger partial charge in [-0.2, -0.15) is 0 Å². The minimum atomic E-state index is -0.104. The molecule has 3 rings (SSSR count). The molecule has 2 aromatic heterocycles. The van der Waals surface area contributed by atoms with Gasteiger partial charge in [0.15, 0.2) is 0 Å². The van der Waals surface area contributed by atoms with E-state index in [2.05, 4.69) is 58.5 Å². The first-order valence-corrected chi connectivity index (χ1v) is 9.76. The third kappa shape index (κ3) is 4.29. The summed E-state index contributed by atoms with van der Waals surface area (Å²) in [6.07, 6.45) is 0. The van der Waals surface area contributed by atoms with Crippen molar-refractivity contribution in [3.05, 3.63) is 74.3 Å². The van der Waals surface area contributed by atoms with E-state index in [4.69, 9.17) is 0 Å². The van der Waals surface area contributed by atoms with E-state index in [-0.39, 0.29) is 11.5 Å². The molecule has 0 aliphatic rings. The highest BCUT2D eigenvalue weighted by Gasteiger charge is 2.13. The summed E-state index contributed by atoms with van der Waals surface area (Å²) in [5, 5.41) is 2.12. The number of rotatable bonds is 6. The number of aromatic nitrogens is 2. The van der Waals surface area contributed by atoms with Crippen LogP contribution in [0.4, 0.5) is 0 Å². The third-order valence-electron chi connectivity index (χ3n) is 4.63. The van der Waals surface area contributed by atoms with Crippen molar-refractivity contribution in [2.75, 3.05) is 7.05 Å². The lowest BCUT2D eigenvalue weighted by atomic mass is 10.1. The minimum absolute atomic E-state index is 0.104. The molecule has 5 heteroatoms. The van der Waals surface area contributed by atoms with Crippen molar-refractivity contribution in [2.45, 2.75) is 39.3 Å². The number of H-pyrrole nitrogens is 1. The molecule has 4 nitrogen and oxygen atoms in total. The Labute approximate surface area is 158 Å². The van der Waals surface area contributed by atoms with Gasteiger partial charge < -0.3 is 4.98 Å². The van der Waals surface area contributed by atoms with E-state index in [9.17, 15) is 4.79 Å². The quantitative estimate of drug-likeness (QED) is 0.680. The van der Waals surface area contributed by atoms with Gasteiger partial charge in [0, 0.05) is 29.1 Å². The normalized spacial score (nSPS) is 12.7. The molecule has 0 aliphatic heterocycles. The highest BCUT2D eigenvalue weighted by Crippen LogP contribution is 2.25. The lowest BCUT2D eigenvalue weighted by Crippen LogP contribution is -2.21. The van der Waals surface area contributed by atoms with Crippen LogP contribution in [0.15, 0.2) is 52.6 Å². The summed E-state index contributed by atoms with van der Waals surface area (Å²) in [5.74, 6) is 0.857. The first-order valence-electron chi connectivity index (χ1n) is 8.88. The molecule has 2 heterocycles. The Morgan fingerprint density at radius 3 is 2.50 bits per heavy atom. The smallest absolute Gasteiger partial charge is 0.251 e. The first kappa shape index (κ1) is 18.5. The van der Waals surface area contributed by atoms with Gasteiger partial charge in [0.1, 0.15) is 5.82 Å². The average Bonchev–Trinajstić information content (AvgIpc) is 3.15. The van der Waals surface area contributed by atoms with Crippen LogP contribution in [0.25, 0.3) is 11.4 Å². The molecular formula is C21H25N3OS. The number of hydrogen-bond acceptors (Lipinski definition) is 4. The summed E-state index contributed by atoms with van der Waals surface area (Å²) < 4.78 is 0. The van der Waals surface area contributed by atoms with Gasteiger partial charge >= 0.3 is 0 Å². The zero-order chi connectivity index (χ0) is 18.7. The molecule has 0 spiro atoms. The van der Waals surface area contributed by atoms with E-state index in [1.165, 1.54) is 10.4 Å². The fourth-order valence-electron chi connectivity index (χ4n) is 2.85. The van der Waals surface area contributed by atoms with E-state index in [0.717, 1.165) is 17.8 Å². The van der Waals surface area contributed by atoms with Gasteiger partial charge in [0.2, 0.25) is 0 Å². The summed E-state index contributed by atoms with van der Waals surface area (Å²) in [6, 6.07) is 14.5. The maximum absolute atomic E-state index is 11.9. The first-order chi connectivity index (χ1) is 12.4. The van der Waals surface area contributed by atoms with Crippen LogP contribution in [-0.2, 0) is 6.54 Å². The SMILES string of the molecule is CC(C)c1cc(=O)[nH]c(-c2ccc(CN(C)C(C)c3cccs3)cc2)n1. The Kier molecular flexibility index (Phi) is 5.69. The van der Waals surface area contributed by atoms with E-state index in [0.29, 0.717) is 11.9 Å². The van der Waals surface area contributed by atoms with E-state index in [1.54, 1.807) is 17.4 Å². The maximum Gasteiger partial charge on any atom is 0.251 e. The monoisotopic (exact) mass is 367 g/mol. The van der Waals surface area contributed by atoms with Crippen molar-refractivity contribution in [2.24, 2.45) is 0 Å². The van der Waals surface area contributed by atoms with E-state index >= 15 is 0 Å². The van der Waals surface area contributed by atoms with E-state index in [1.807, 2.05) is 26.0 Å². The van der Waals surface area contributed by atoms with Crippen molar-refractivity contribution >= 4 is 11.3 Å². The van der Waals surface area contributed by atoms with Crippen LogP contribution < -0.4 is 5.56 Å². The number of nitrogens with one attached hydrogen (secondary N) is 1. The molecule has 0 amide bonds. The summed E-state index contributed by atoms with van der Waals surface area (Å²) in [7, 11) is 2.14. The molecule has 136 valence electrons. The van der Waals surface area contributed by atoms with Crippen LogP contribution in [-0.4, -0.2) is 21.9 Å². The molecule has 26 heavy (non-hydrogen) atoms. The van der Waals surface area contributed by atoms with Crippen LogP contribution in [0.5, 0.6) is 0 Å². The van der Waals surface area contributed by atoms with Gasteiger partial charge in [0.05, 0.1) is 5.69 Å². The van der Waals surface area contributed by atoms with Crippen molar-refractivity contribution in [1.82, 2.24) is 14.9 Å². The molecule has 0 fully saturated rings. The number of thiophene rings is 1. The number of hydrogen-bond donors (Lipinski definition) is 1. The van der Waals surface area contributed by atoms with Crippen LogP contribution in [0.3, 0.4) is 0 Å². The Morgan fingerprint density at radius 2 is 1.88 bits per heavy atom. The van der Waals surface area contributed by atoms with Crippen molar-refractivity contribution in [1.29, 1.82) is 0 Å². The van der Waals surface area contributed by atoms with Gasteiger partial charge in [-0.1, -0.05) is 44.2 Å². The molecule has 0 saturated carbocycles. The van der Waals surface area contributed by atoms with Crippen LogP contribution in [0.1, 0.15) is 48.9 Å². The van der Waals surface area contributed by atoms with Gasteiger partial charge in [-0.3, -0.25) is 9.69 Å². The van der Waals surface area contributed by atoms with Gasteiger partial charge in [0.25, 0.3) is 5.56 Å². The Balaban J connectivity index is 1.75. The molecule has 0 saturated heterocycles. The standard InChI is InChI=1S/C21H25N3OS/c1-14(2)18-12-20(25)23-21(22-18)17-9-7-16(8-10-17)13-24(4)15(3)19-6-5-11-26-19/h5-12,14-15H,13H2,1-4H3,(H,22,23,25). The molecule has 3 aromatic rings. The molecular weight excluding hydrogens is 342 g/mol. The number of aromatic amines is 1. The number of nitrogens with zero attached hydrogens (tertiary/aromatic N) is 2. The zero-order valence-electron chi connectivity index (χ0n) is 15.7. The van der Waals surface area contributed by atoms with Gasteiger partial charge in [-0.05, 0) is 36.9 Å². The summed E-state index contributed by atoms with van der Waals surface area (Å²) in [5.41, 5.74) is 2.88. The van der Waals surface area contributed by atoms with Crippen molar-refractivity contribution in [3.8, 4) is 11.4 Å². The Morgan fingerprint density at radius 1 is 1.15 bits per heavy atom. The second-order valence-corrected chi connectivity index (χ2v) is 7.96. The summed E-state index contributed by atoms with van der Waals surface area (Å²) in [6.45, 7) is 7.18. The maximum atomic E-state index is 11.9. The highest BCUT2D eigenvalue weighted by molar-refractivity contribution is 7.10. The largest absolute Gasteiger partial charge is 0.307 e. The topological polar surface area (TPSA) is 49.0 Å². The van der Waals surface area contributed by atoms with Crippen LogP contribution in [0.2, 0.25) is 0 Å². The van der Waals surface area contributed by atoms with Crippen LogP contribution >= 0.6 is 11.3 Å². The molecule has 1 atom stereocenters. The van der Waals surface area contributed by atoms with Crippen molar-refractivity contribution in [3.63, 3.8) is 0 Å². The highest BCUT2D eigenvalue weighted by atomic mass is 32.1. The fraction of sp³-hybridized carbons (Fsp3) is 0.333. The van der Waals surface area contributed by atoms with Gasteiger partial charge in [-0.15, -0.1) is 11.3 Å². The lowest BCUT2D eigenvalue weighted by molar-refractivity contribution is 0.256. The zero-order valence-corrected chi connectivity index (χ0v) is 16.5. The van der Waals surface area contributed by atoms with Crippen LogP contribution in [0, 0.1) is 0 Å². The summed E-state index contributed by atoms with van der Waals surface area (Å²) >= 11 is 1.79. The third-order valence-corrected chi connectivity index (χ3v) is 5.67. The minimum Gasteiger partial charge on any atom is -0.307 e. The molecule has 0 radical (unpaired) electrons. The van der Waals surface area contributed by atoms with E-state index < -0.39 is 0 Å². The molecule has 0 bridgehead atoms. The van der Waals surface area contributed by atoms with Gasteiger partial charge in [-0.25, -0.2) is 4.98 Å². The Hall–Kier alpha value is -2.24. The lowest BCUT2D eigenvalue weighted by Gasteiger charge is -2.24. The number of benzene rings is 1. The summed E-state index contributed by atoms with van der Waals surface area (Å²) in [4.78, 5) is 23.0. The predicted molar refractivity (Wildman–Crippen MR) is 109 cm³/mol. The molecule has 0 aliphatic carbocycles. The van der Waals surface area contributed by atoms with Crippen molar-refractivity contribution < 1.29 is 0 Å².